The summed E-state index contributed by atoms with van der Waals surface area (Å²) in [5.74, 6) is -1.21. The van der Waals surface area contributed by atoms with Crippen molar-refractivity contribution in [3.63, 3.8) is 0 Å². The summed E-state index contributed by atoms with van der Waals surface area (Å²) >= 11 is 0. The lowest BCUT2D eigenvalue weighted by Crippen LogP contribution is -2.38. The van der Waals surface area contributed by atoms with Gasteiger partial charge >= 0.3 is 5.97 Å². The van der Waals surface area contributed by atoms with Crippen LogP contribution in [0.5, 0.6) is 0 Å². The summed E-state index contributed by atoms with van der Waals surface area (Å²) in [6, 6.07) is 7.09. The summed E-state index contributed by atoms with van der Waals surface area (Å²) < 4.78 is 0. The van der Waals surface area contributed by atoms with Gasteiger partial charge in [0, 0.05) is 25.6 Å². The molecule has 6 heteroatoms. The van der Waals surface area contributed by atoms with E-state index >= 15 is 0 Å². The van der Waals surface area contributed by atoms with E-state index in [2.05, 4.69) is 5.32 Å². The van der Waals surface area contributed by atoms with Crippen LogP contribution in [-0.2, 0) is 14.4 Å². The maximum atomic E-state index is 12.3. The molecule has 2 atom stereocenters. The third kappa shape index (κ3) is 4.44. The molecular formula is C18H22N2O4. The van der Waals surface area contributed by atoms with Gasteiger partial charge in [-0.2, -0.15) is 0 Å². The number of carbonyl (C=O) groups is 3. The van der Waals surface area contributed by atoms with Crippen molar-refractivity contribution < 1.29 is 19.5 Å². The normalized spacial score (nSPS) is 17.1. The molecule has 24 heavy (non-hydrogen) atoms. The zero-order chi connectivity index (χ0) is 17.7. The van der Waals surface area contributed by atoms with Crippen molar-refractivity contribution in [3.8, 4) is 0 Å². The fraction of sp³-hybridized carbons (Fsp3) is 0.389. The van der Waals surface area contributed by atoms with Crippen molar-refractivity contribution in [1.29, 1.82) is 0 Å². The lowest BCUT2D eigenvalue weighted by atomic mass is 9.93. The molecule has 0 spiro atoms. The van der Waals surface area contributed by atoms with E-state index in [4.69, 9.17) is 5.11 Å². The van der Waals surface area contributed by atoms with E-state index in [0.717, 1.165) is 11.1 Å². The van der Waals surface area contributed by atoms with Crippen molar-refractivity contribution in [1.82, 2.24) is 10.2 Å². The summed E-state index contributed by atoms with van der Waals surface area (Å²) in [4.78, 5) is 36.4. The number of fused-ring (bicyclic) bond motifs is 1. The molecule has 1 aliphatic heterocycles. The van der Waals surface area contributed by atoms with E-state index in [0.29, 0.717) is 6.42 Å². The van der Waals surface area contributed by atoms with E-state index in [1.54, 1.807) is 18.0 Å². The van der Waals surface area contributed by atoms with Gasteiger partial charge in [0.05, 0.1) is 12.5 Å². The number of carboxylic acids is 1. The van der Waals surface area contributed by atoms with Gasteiger partial charge in [0.15, 0.2) is 0 Å². The molecule has 6 nitrogen and oxygen atoms in total. The topological polar surface area (TPSA) is 86.7 Å². The zero-order valence-electron chi connectivity index (χ0n) is 13.9. The van der Waals surface area contributed by atoms with Crippen LogP contribution in [-0.4, -0.2) is 33.8 Å². The Bertz CT molecular complexity index is 669. The monoisotopic (exact) mass is 330 g/mol. The average Bonchev–Trinajstić information content (AvgIpc) is 2.52. The van der Waals surface area contributed by atoms with Crippen LogP contribution >= 0.6 is 0 Å². The van der Waals surface area contributed by atoms with Crippen molar-refractivity contribution >= 4 is 23.9 Å². The third-order valence-corrected chi connectivity index (χ3v) is 4.05. The van der Waals surface area contributed by atoms with Crippen molar-refractivity contribution in [2.75, 3.05) is 0 Å². The largest absolute Gasteiger partial charge is 0.481 e. The molecule has 2 rings (SSSR count). The van der Waals surface area contributed by atoms with Crippen molar-refractivity contribution in [2.24, 2.45) is 0 Å². The van der Waals surface area contributed by atoms with E-state index in [1.165, 1.54) is 6.92 Å². The molecule has 0 bridgehead atoms. The first-order valence-corrected chi connectivity index (χ1v) is 7.95. The third-order valence-electron chi connectivity index (χ3n) is 4.05. The van der Waals surface area contributed by atoms with Crippen LogP contribution in [0.3, 0.4) is 0 Å². The van der Waals surface area contributed by atoms with Crippen LogP contribution in [0.4, 0.5) is 0 Å². The van der Waals surface area contributed by atoms with E-state index in [9.17, 15) is 14.4 Å². The molecule has 0 radical (unpaired) electrons. The molecule has 0 saturated carbocycles. The molecule has 1 aromatic carbocycles. The number of nitrogens with zero attached hydrogens (tertiary/aromatic N) is 1. The Morgan fingerprint density at radius 2 is 2.00 bits per heavy atom. The van der Waals surface area contributed by atoms with E-state index in [-0.39, 0.29) is 36.7 Å². The summed E-state index contributed by atoms with van der Waals surface area (Å²) in [5, 5.41) is 11.5. The zero-order valence-corrected chi connectivity index (χ0v) is 13.9. The molecule has 0 aliphatic carbocycles. The van der Waals surface area contributed by atoms with Crippen LogP contribution in [0.2, 0.25) is 0 Å². The molecule has 2 N–H and O–H groups in total. The SMILES string of the molecule is CC(=O)N1C=Cc2ccccc2C1CC(=O)NC(C)CCC(=O)O. The van der Waals surface area contributed by atoms with Gasteiger partial charge in [-0.25, -0.2) is 0 Å². The Morgan fingerprint density at radius 1 is 1.29 bits per heavy atom. The Hall–Kier alpha value is -2.63. The van der Waals surface area contributed by atoms with Gasteiger partial charge in [-0.15, -0.1) is 0 Å². The summed E-state index contributed by atoms with van der Waals surface area (Å²) in [7, 11) is 0. The highest BCUT2D eigenvalue weighted by Crippen LogP contribution is 2.32. The number of aliphatic carboxylic acids is 1. The Balaban J connectivity index is 2.07. The highest BCUT2D eigenvalue weighted by molar-refractivity contribution is 5.82. The lowest BCUT2D eigenvalue weighted by molar-refractivity contribution is -0.137. The predicted octanol–water partition coefficient (Wildman–Crippen LogP) is 2.32. The van der Waals surface area contributed by atoms with Crippen molar-refractivity contribution in [3.05, 3.63) is 41.6 Å². The molecule has 0 saturated heterocycles. The van der Waals surface area contributed by atoms with Gasteiger partial charge < -0.3 is 15.3 Å². The standard InChI is InChI=1S/C18H22N2O4/c1-12(7-8-18(23)24)19-17(22)11-16-15-6-4-3-5-14(15)9-10-20(16)13(2)21/h3-6,9-10,12,16H,7-8,11H2,1-2H3,(H,19,22)(H,23,24). The first-order chi connectivity index (χ1) is 11.4. The first-order valence-electron chi connectivity index (χ1n) is 7.95. The maximum absolute atomic E-state index is 12.3. The first kappa shape index (κ1) is 17.7. The minimum atomic E-state index is -0.884. The number of amides is 2. The van der Waals surface area contributed by atoms with Crippen molar-refractivity contribution in [2.45, 2.75) is 45.2 Å². The van der Waals surface area contributed by atoms with Gasteiger partial charge in [-0.05, 0) is 30.5 Å². The lowest BCUT2D eigenvalue weighted by Gasteiger charge is -2.32. The molecule has 0 fully saturated rings. The summed E-state index contributed by atoms with van der Waals surface area (Å²) in [6.07, 6.45) is 4.09. The molecular weight excluding hydrogens is 308 g/mol. The average molecular weight is 330 g/mol. The predicted molar refractivity (Wildman–Crippen MR) is 89.8 cm³/mol. The van der Waals surface area contributed by atoms with Gasteiger partial charge in [0.25, 0.3) is 0 Å². The van der Waals surface area contributed by atoms with Gasteiger partial charge in [0.2, 0.25) is 11.8 Å². The van der Waals surface area contributed by atoms with Crippen LogP contribution in [0.25, 0.3) is 6.08 Å². The maximum Gasteiger partial charge on any atom is 0.303 e. The number of nitrogens with one attached hydrogen (secondary N) is 1. The van der Waals surface area contributed by atoms with Gasteiger partial charge in [-0.1, -0.05) is 24.3 Å². The van der Waals surface area contributed by atoms with E-state index in [1.807, 2.05) is 30.3 Å². The molecule has 1 heterocycles. The minimum Gasteiger partial charge on any atom is -0.481 e. The van der Waals surface area contributed by atoms with Gasteiger partial charge in [0.1, 0.15) is 0 Å². The fourth-order valence-corrected chi connectivity index (χ4v) is 2.83. The second-order valence-electron chi connectivity index (χ2n) is 5.99. The number of hydrogen-bond donors (Lipinski definition) is 2. The molecule has 1 aromatic rings. The smallest absolute Gasteiger partial charge is 0.303 e. The Morgan fingerprint density at radius 3 is 2.67 bits per heavy atom. The quantitative estimate of drug-likeness (QED) is 0.838. The Labute approximate surface area is 141 Å². The van der Waals surface area contributed by atoms with Crippen LogP contribution in [0.1, 0.15) is 50.3 Å². The second kappa shape index (κ2) is 7.77. The van der Waals surface area contributed by atoms with Crippen LogP contribution < -0.4 is 5.32 Å². The summed E-state index contributed by atoms with van der Waals surface area (Å²) in [6.45, 7) is 3.25. The number of rotatable bonds is 6. The minimum absolute atomic E-state index is 0.00994. The Kier molecular flexibility index (Phi) is 5.73. The molecule has 2 amide bonds. The molecule has 1 aliphatic rings. The van der Waals surface area contributed by atoms with Gasteiger partial charge in [-0.3, -0.25) is 14.4 Å². The van der Waals surface area contributed by atoms with E-state index < -0.39 is 5.97 Å². The van der Waals surface area contributed by atoms with Crippen LogP contribution in [0, 0.1) is 0 Å². The number of carboxylic acid groups (broad SMARTS) is 1. The second-order valence-corrected chi connectivity index (χ2v) is 5.99. The number of benzene rings is 1. The highest BCUT2D eigenvalue weighted by atomic mass is 16.4. The fourth-order valence-electron chi connectivity index (χ4n) is 2.83. The molecule has 128 valence electrons. The highest BCUT2D eigenvalue weighted by Gasteiger charge is 2.28. The summed E-state index contributed by atoms with van der Waals surface area (Å²) in [5.41, 5.74) is 1.93. The van der Waals surface area contributed by atoms with Crippen LogP contribution in [0.15, 0.2) is 30.5 Å². The molecule has 0 aromatic heterocycles. The molecule has 2 unspecified atom stereocenters. The number of hydrogen-bond acceptors (Lipinski definition) is 3. The number of carbonyl (C=O) groups excluding carboxylic acids is 2.